The van der Waals surface area contributed by atoms with Gasteiger partial charge in [0.05, 0.1) is 0 Å². The molecule has 138 valence electrons. The third kappa shape index (κ3) is 6.98. The van der Waals surface area contributed by atoms with E-state index in [1.54, 1.807) is 0 Å². The van der Waals surface area contributed by atoms with Gasteiger partial charge in [0.1, 0.15) is 24.4 Å². The van der Waals surface area contributed by atoms with Crippen LogP contribution in [0.4, 0.5) is 0 Å². The second kappa shape index (κ2) is 9.84. The molecule has 0 aliphatic carbocycles. The Labute approximate surface area is 136 Å². The van der Waals surface area contributed by atoms with Gasteiger partial charge in [0.15, 0.2) is 6.29 Å². The molecule has 0 saturated carbocycles. The molecule has 1 rings (SSSR count). The first-order valence-corrected chi connectivity index (χ1v) is 9.07. The van der Waals surface area contributed by atoms with E-state index in [0.717, 1.165) is 25.7 Å². The van der Waals surface area contributed by atoms with Crippen LogP contribution >= 0.6 is 0 Å². The van der Waals surface area contributed by atoms with Gasteiger partial charge in [-0.1, -0.05) is 26.2 Å². The molecule has 9 nitrogen and oxygen atoms in total. The predicted molar refractivity (Wildman–Crippen MR) is 81.1 cm³/mol. The summed E-state index contributed by atoms with van der Waals surface area (Å²) >= 11 is 0. The summed E-state index contributed by atoms with van der Waals surface area (Å²) in [5.74, 6) is 0. The predicted octanol–water partition coefficient (Wildman–Crippen LogP) is -0.563. The van der Waals surface area contributed by atoms with Gasteiger partial charge in [-0.25, -0.2) is 4.18 Å². The molecule has 0 amide bonds. The van der Waals surface area contributed by atoms with Crippen LogP contribution in [0.5, 0.6) is 0 Å². The molecule has 0 aromatic carbocycles. The number of unbranched alkanes of at least 4 members (excludes halogenated alkanes) is 3. The second-order valence-corrected chi connectivity index (χ2v) is 6.56. The third-order valence-electron chi connectivity index (χ3n) is 3.66. The Balaban J connectivity index is 2.61. The SMILES string of the molecule is CCCCCCNC[C@H]1O[C@H](OC)[C@H](O)[C@@H](O)[C@@H]1OS(=O)(=O)O. The van der Waals surface area contributed by atoms with E-state index in [1.807, 2.05) is 0 Å². The Morgan fingerprint density at radius 3 is 2.43 bits per heavy atom. The van der Waals surface area contributed by atoms with Crippen molar-refractivity contribution in [2.24, 2.45) is 0 Å². The van der Waals surface area contributed by atoms with E-state index in [-0.39, 0.29) is 6.54 Å². The zero-order valence-corrected chi connectivity index (χ0v) is 14.2. The molecule has 0 aromatic rings. The van der Waals surface area contributed by atoms with Crippen molar-refractivity contribution in [3.8, 4) is 0 Å². The van der Waals surface area contributed by atoms with Gasteiger partial charge in [0.25, 0.3) is 0 Å². The van der Waals surface area contributed by atoms with E-state index >= 15 is 0 Å². The first kappa shape index (κ1) is 20.7. The maximum Gasteiger partial charge on any atom is 0.397 e. The topological polar surface area (TPSA) is 135 Å². The second-order valence-electron chi connectivity index (χ2n) is 5.51. The molecule has 0 aromatic heterocycles. The minimum absolute atomic E-state index is 0.177. The molecule has 1 saturated heterocycles. The Morgan fingerprint density at radius 2 is 1.87 bits per heavy atom. The molecule has 0 spiro atoms. The van der Waals surface area contributed by atoms with E-state index in [9.17, 15) is 18.6 Å². The molecule has 0 bridgehead atoms. The van der Waals surface area contributed by atoms with Crippen LogP contribution < -0.4 is 5.32 Å². The maximum absolute atomic E-state index is 10.9. The van der Waals surface area contributed by atoms with Crippen molar-refractivity contribution in [3.05, 3.63) is 0 Å². The molecule has 1 fully saturated rings. The molecule has 23 heavy (non-hydrogen) atoms. The minimum atomic E-state index is -4.80. The maximum atomic E-state index is 10.9. The number of hydrogen-bond acceptors (Lipinski definition) is 8. The van der Waals surface area contributed by atoms with E-state index in [0.29, 0.717) is 6.54 Å². The van der Waals surface area contributed by atoms with Gasteiger partial charge in [0.2, 0.25) is 0 Å². The third-order valence-corrected chi connectivity index (χ3v) is 4.12. The quantitative estimate of drug-likeness (QED) is 0.300. The standard InChI is InChI=1S/C13H27NO8S/c1-3-4-5-6-7-14-8-9-12(22-23(17,18)19)10(15)11(16)13(20-2)21-9/h9-16H,3-8H2,1-2H3,(H,17,18,19)/t9-,10-,11-,12-,13+/m1/s1. The van der Waals surface area contributed by atoms with Crippen LogP contribution in [0.3, 0.4) is 0 Å². The molecule has 0 radical (unpaired) electrons. The molecule has 4 N–H and O–H groups in total. The number of rotatable bonds is 10. The summed E-state index contributed by atoms with van der Waals surface area (Å²) in [6.45, 7) is 2.98. The van der Waals surface area contributed by atoms with Crippen molar-refractivity contribution in [2.75, 3.05) is 20.2 Å². The Hall–Kier alpha value is -0.330. The zero-order valence-electron chi connectivity index (χ0n) is 13.4. The fraction of sp³-hybridized carbons (Fsp3) is 1.00. The average Bonchev–Trinajstić information content (AvgIpc) is 2.48. The van der Waals surface area contributed by atoms with Crippen molar-refractivity contribution in [2.45, 2.75) is 63.3 Å². The summed E-state index contributed by atoms with van der Waals surface area (Å²) in [4.78, 5) is 0. The molecule has 0 unspecified atom stereocenters. The van der Waals surface area contributed by atoms with Crippen LogP contribution in [0.25, 0.3) is 0 Å². The largest absolute Gasteiger partial charge is 0.397 e. The van der Waals surface area contributed by atoms with Gasteiger partial charge >= 0.3 is 10.4 Å². The van der Waals surface area contributed by atoms with Crippen LogP contribution in [0.15, 0.2) is 0 Å². The summed E-state index contributed by atoms with van der Waals surface area (Å²) < 4.78 is 45.5. The fourth-order valence-electron chi connectivity index (χ4n) is 2.45. The van der Waals surface area contributed by atoms with Crippen molar-refractivity contribution in [1.82, 2.24) is 5.32 Å². The number of hydrogen-bond donors (Lipinski definition) is 4. The van der Waals surface area contributed by atoms with Crippen molar-refractivity contribution < 1.29 is 36.8 Å². The normalized spacial score (nSPS) is 32.1. The smallest absolute Gasteiger partial charge is 0.387 e. The highest BCUT2D eigenvalue weighted by Crippen LogP contribution is 2.24. The molecule has 10 heteroatoms. The van der Waals surface area contributed by atoms with Gasteiger partial charge in [-0.15, -0.1) is 0 Å². The van der Waals surface area contributed by atoms with Crippen LogP contribution in [-0.4, -0.2) is 74.1 Å². The highest BCUT2D eigenvalue weighted by molar-refractivity contribution is 7.80. The summed E-state index contributed by atoms with van der Waals surface area (Å²) in [6.07, 6.45) is -2.26. The summed E-state index contributed by atoms with van der Waals surface area (Å²) in [6, 6.07) is 0. The Morgan fingerprint density at radius 1 is 1.17 bits per heavy atom. The van der Waals surface area contributed by atoms with Gasteiger partial charge in [0, 0.05) is 13.7 Å². The van der Waals surface area contributed by atoms with Gasteiger partial charge in [-0.2, -0.15) is 8.42 Å². The molecular weight excluding hydrogens is 330 g/mol. The van der Waals surface area contributed by atoms with Gasteiger partial charge in [-0.3, -0.25) is 4.55 Å². The van der Waals surface area contributed by atoms with Gasteiger partial charge in [-0.05, 0) is 13.0 Å². The highest BCUT2D eigenvalue weighted by Gasteiger charge is 2.47. The number of aliphatic hydroxyl groups excluding tert-OH is 2. The lowest BCUT2D eigenvalue weighted by atomic mass is 9.99. The molecule has 5 atom stereocenters. The lowest BCUT2D eigenvalue weighted by Crippen LogP contribution is -2.61. The van der Waals surface area contributed by atoms with E-state index < -0.39 is 41.1 Å². The zero-order chi connectivity index (χ0) is 17.5. The Kier molecular flexibility index (Phi) is 8.86. The van der Waals surface area contributed by atoms with Crippen molar-refractivity contribution in [3.63, 3.8) is 0 Å². The number of ether oxygens (including phenoxy) is 2. The number of aliphatic hydroxyl groups is 2. The summed E-state index contributed by atoms with van der Waals surface area (Å²) in [5.41, 5.74) is 0. The number of nitrogens with one attached hydrogen (secondary N) is 1. The van der Waals surface area contributed by atoms with Crippen LogP contribution in [-0.2, 0) is 24.1 Å². The van der Waals surface area contributed by atoms with Crippen LogP contribution in [0.1, 0.15) is 32.6 Å². The summed E-state index contributed by atoms with van der Waals surface area (Å²) in [5, 5.41) is 22.9. The van der Waals surface area contributed by atoms with E-state index in [2.05, 4.69) is 16.4 Å². The van der Waals surface area contributed by atoms with Crippen LogP contribution in [0, 0.1) is 0 Å². The summed E-state index contributed by atoms with van der Waals surface area (Å²) in [7, 11) is -3.51. The number of methoxy groups -OCH3 is 1. The Bertz CT molecular complexity index is 432. The van der Waals surface area contributed by atoms with Crippen LogP contribution in [0.2, 0.25) is 0 Å². The molecule has 1 aliphatic rings. The molecule has 1 heterocycles. The first-order chi connectivity index (χ1) is 10.8. The fourth-order valence-corrected chi connectivity index (χ4v) is 2.96. The van der Waals surface area contributed by atoms with E-state index in [4.69, 9.17) is 14.0 Å². The average molecular weight is 357 g/mol. The highest BCUT2D eigenvalue weighted by atomic mass is 32.3. The molecule has 1 aliphatic heterocycles. The van der Waals surface area contributed by atoms with Crippen molar-refractivity contribution in [1.29, 1.82) is 0 Å². The van der Waals surface area contributed by atoms with Gasteiger partial charge < -0.3 is 25.0 Å². The van der Waals surface area contributed by atoms with Crippen molar-refractivity contribution >= 4 is 10.4 Å². The monoisotopic (exact) mass is 357 g/mol. The van der Waals surface area contributed by atoms with E-state index in [1.165, 1.54) is 7.11 Å². The lowest BCUT2D eigenvalue weighted by Gasteiger charge is -2.41. The minimum Gasteiger partial charge on any atom is -0.387 e. The molecular formula is C13H27NO8S. The lowest BCUT2D eigenvalue weighted by molar-refractivity contribution is -0.284. The first-order valence-electron chi connectivity index (χ1n) is 7.71.